The highest BCUT2D eigenvalue weighted by molar-refractivity contribution is 5.87. The Morgan fingerprint density at radius 2 is 2.00 bits per heavy atom. The van der Waals surface area contributed by atoms with Crippen LogP contribution in [0.1, 0.15) is 44.0 Å². The zero-order valence-corrected chi connectivity index (χ0v) is 15.3. The van der Waals surface area contributed by atoms with Crippen LogP contribution in [0.4, 0.5) is 0 Å². The van der Waals surface area contributed by atoms with Gasteiger partial charge in [0.05, 0.1) is 5.52 Å². The predicted octanol–water partition coefficient (Wildman–Crippen LogP) is 4.09. The molecule has 0 spiro atoms. The molecule has 3 rings (SSSR count). The Hall–Kier alpha value is -1.32. The van der Waals surface area contributed by atoms with E-state index in [-0.39, 0.29) is 0 Å². The molecule has 126 valence electrons. The molecule has 1 aliphatic heterocycles. The van der Waals surface area contributed by atoms with Crippen molar-refractivity contribution in [2.75, 3.05) is 19.6 Å². The van der Waals surface area contributed by atoms with Crippen LogP contribution in [0.5, 0.6) is 0 Å². The van der Waals surface area contributed by atoms with Crippen LogP contribution in [0, 0.1) is 13.8 Å². The van der Waals surface area contributed by atoms with Gasteiger partial charge < -0.3 is 4.98 Å². The fourth-order valence-electron chi connectivity index (χ4n) is 4.04. The molecule has 23 heavy (non-hydrogen) atoms. The smallest absolute Gasteiger partial charge is 0.0504 e. The number of rotatable bonds is 4. The number of aromatic nitrogens is 1. The zero-order chi connectivity index (χ0) is 16.6. The fourth-order valence-corrected chi connectivity index (χ4v) is 4.04. The molecule has 1 fully saturated rings. The molecule has 2 heterocycles. The lowest BCUT2D eigenvalue weighted by atomic mass is 10.0. The topological polar surface area (TPSA) is 22.3 Å². The highest BCUT2D eigenvalue weighted by atomic mass is 15.3. The van der Waals surface area contributed by atoms with Crippen molar-refractivity contribution in [3.8, 4) is 0 Å². The van der Waals surface area contributed by atoms with Gasteiger partial charge in [-0.15, -0.1) is 0 Å². The Balaban J connectivity index is 1.79. The van der Waals surface area contributed by atoms with Gasteiger partial charge in [-0.1, -0.05) is 25.1 Å². The second-order valence-corrected chi connectivity index (χ2v) is 7.34. The van der Waals surface area contributed by atoms with Crippen molar-refractivity contribution in [2.45, 2.75) is 59.7 Å². The molecule has 0 saturated carbocycles. The molecule has 0 aliphatic carbocycles. The van der Waals surface area contributed by atoms with E-state index in [1.807, 2.05) is 0 Å². The van der Waals surface area contributed by atoms with Crippen molar-refractivity contribution in [1.29, 1.82) is 0 Å². The quantitative estimate of drug-likeness (QED) is 0.918. The normalized spacial score (nSPS) is 20.7. The van der Waals surface area contributed by atoms with Crippen molar-refractivity contribution in [2.24, 2.45) is 0 Å². The first-order valence-electron chi connectivity index (χ1n) is 9.06. The number of fused-ring (bicyclic) bond motifs is 1. The van der Waals surface area contributed by atoms with Gasteiger partial charge in [0.15, 0.2) is 0 Å². The molecule has 1 N–H and O–H groups in total. The fraction of sp³-hybridized carbons (Fsp3) is 0.600. The van der Waals surface area contributed by atoms with Crippen molar-refractivity contribution in [3.63, 3.8) is 0 Å². The summed E-state index contributed by atoms with van der Waals surface area (Å²) in [6, 6.07) is 8.07. The maximum atomic E-state index is 3.60. The van der Waals surface area contributed by atoms with Gasteiger partial charge in [0.25, 0.3) is 0 Å². The average molecular weight is 313 g/mol. The summed E-state index contributed by atoms with van der Waals surface area (Å²) in [5.74, 6) is 0. The Bertz CT molecular complexity index is 671. The SMILES string of the molecule is CC[C@@H]1CN(Cc2cccc3c(C)c(C)[nH]c23)CCN1C(C)C. The lowest BCUT2D eigenvalue weighted by Crippen LogP contribution is -2.54. The lowest BCUT2D eigenvalue weighted by Gasteiger charge is -2.43. The highest BCUT2D eigenvalue weighted by Crippen LogP contribution is 2.26. The summed E-state index contributed by atoms with van der Waals surface area (Å²) in [6.07, 6.45) is 1.24. The Morgan fingerprint density at radius 1 is 1.22 bits per heavy atom. The summed E-state index contributed by atoms with van der Waals surface area (Å²) in [5, 5.41) is 1.38. The first-order chi connectivity index (χ1) is 11.0. The van der Waals surface area contributed by atoms with E-state index in [1.54, 1.807) is 0 Å². The second kappa shape index (κ2) is 6.66. The van der Waals surface area contributed by atoms with Crippen molar-refractivity contribution < 1.29 is 0 Å². The lowest BCUT2D eigenvalue weighted by molar-refractivity contribution is 0.0458. The van der Waals surface area contributed by atoms with Gasteiger partial charge in [-0.2, -0.15) is 0 Å². The Morgan fingerprint density at radius 3 is 2.70 bits per heavy atom. The zero-order valence-electron chi connectivity index (χ0n) is 15.3. The van der Waals surface area contributed by atoms with Gasteiger partial charge in [-0.3, -0.25) is 9.80 Å². The van der Waals surface area contributed by atoms with Gasteiger partial charge in [-0.25, -0.2) is 0 Å². The van der Waals surface area contributed by atoms with E-state index in [4.69, 9.17) is 0 Å². The van der Waals surface area contributed by atoms with Crippen molar-refractivity contribution in [1.82, 2.24) is 14.8 Å². The average Bonchev–Trinajstić information content (AvgIpc) is 2.83. The molecule has 1 aliphatic rings. The first kappa shape index (κ1) is 16.5. The minimum absolute atomic E-state index is 0.652. The van der Waals surface area contributed by atoms with Crippen LogP contribution in [0.2, 0.25) is 0 Å². The van der Waals surface area contributed by atoms with E-state index < -0.39 is 0 Å². The summed E-state index contributed by atoms with van der Waals surface area (Å²) in [7, 11) is 0. The van der Waals surface area contributed by atoms with Gasteiger partial charge in [-0.05, 0) is 45.2 Å². The number of aromatic amines is 1. The Labute approximate surface area is 140 Å². The number of nitrogens with zero attached hydrogens (tertiary/aromatic N) is 2. The number of benzene rings is 1. The molecule has 0 unspecified atom stereocenters. The number of piperazine rings is 1. The molecular formula is C20H31N3. The second-order valence-electron chi connectivity index (χ2n) is 7.34. The van der Waals surface area contributed by atoms with Crippen LogP contribution in [0.15, 0.2) is 18.2 Å². The van der Waals surface area contributed by atoms with E-state index in [0.29, 0.717) is 12.1 Å². The van der Waals surface area contributed by atoms with Crippen LogP contribution in [0.25, 0.3) is 10.9 Å². The monoisotopic (exact) mass is 313 g/mol. The minimum Gasteiger partial charge on any atom is -0.358 e. The van der Waals surface area contributed by atoms with E-state index in [0.717, 1.165) is 6.54 Å². The molecular weight excluding hydrogens is 282 g/mol. The van der Waals surface area contributed by atoms with Gasteiger partial charge in [0.1, 0.15) is 0 Å². The van der Waals surface area contributed by atoms with E-state index in [9.17, 15) is 0 Å². The molecule has 3 heteroatoms. The van der Waals surface area contributed by atoms with Crippen LogP contribution < -0.4 is 0 Å². The third kappa shape index (κ3) is 3.17. The molecule has 1 aromatic carbocycles. The van der Waals surface area contributed by atoms with Gasteiger partial charge >= 0.3 is 0 Å². The van der Waals surface area contributed by atoms with E-state index in [2.05, 4.69) is 67.6 Å². The summed E-state index contributed by atoms with van der Waals surface area (Å²) >= 11 is 0. The third-order valence-electron chi connectivity index (χ3n) is 5.57. The Kier molecular flexibility index (Phi) is 4.79. The summed E-state index contributed by atoms with van der Waals surface area (Å²) < 4.78 is 0. The molecule has 2 aromatic rings. The van der Waals surface area contributed by atoms with Crippen LogP contribution in [0.3, 0.4) is 0 Å². The van der Waals surface area contributed by atoms with Crippen LogP contribution >= 0.6 is 0 Å². The van der Waals surface area contributed by atoms with Crippen LogP contribution in [-0.2, 0) is 6.54 Å². The molecule has 0 amide bonds. The molecule has 1 aromatic heterocycles. The maximum Gasteiger partial charge on any atom is 0.0504 e. The molecule has 0 bridgehead atoms. The molecule has 1 saturated heterocycles. The number of para-hydroxylation sites is 1. The largest absolute Gasteiger partial charge is 0.358 e. The number of hydrogen-bond donors (Lipinski definition) is 1. The number of H-pyrrole nitrogens is 1. The predicted molar refractivity (Wildman–Crippen MR) is 99.0 cm³/mol. The standard InChI is InChI=1S/C20H31N3/c1-6-18-13-22(10-11-23(18)14(2)3)12-17-8-7-9-19-15(4)16(5)21-20(17)19/h7-9,14,18,21H,6,10-13H2,1-5H3/t18-/m1/s1. The summed E-state index contributed by atoms with van der Waals surface area (Å²) in [6.45, 7) is 16.0. The first-order valence-corrected chi connectivity index (χ1v) is 9.06. The van der Waals surface area contributed by atoms with E-state index >= 15 is 0 Å². The summed E-state index contributed by atoms with van der Waals surface area (Å²) in [5.41, 5.74) is 5.45. The highest BCUT2D eigenvalue weighted by Gasteiger charge is 2.27. The van der Waals surface area contributed by atoms with Gasteiger partial charge in [0, 0.05) is 49.3 Å². The molecule has 3 nitrogen and oxygen atoms in total. The number of aryl methyl sites for hydroxylation is 2. The van der Waals surface area contributed by atoms with Gasteiger partial charge in [0.2, 0.25) is 0 Å². The van der Waals surface area contributed by atoms with Crippen molar-refractivity contribution >= 4 is 10.9 Å². The van der Waals surface area contributed by atoms with Crippen molar-refractivity contribution in [3.05, 3.63) is 35.0 Å². The third-order valence-corrected chi connectivity index (χ3v) is 5.57. The molecule has 0 radical (unpaired) electrons. The molecule has 1 atom stereocenters. The minimum atomic E-state index is 0.652. The maximum absolute atomic E-state index is 3.60. The number of nitrogens with one attached hydrogen (secondary N) is 1. The summed E-state index contributed by atoms with van der Waals surface area (Å²) in [4.78, 5) is 8.90. The number of hydrogen-bond acceptors (Lipinski definition) is 2. The van der Waals surface area contributed by atoms with E-state index in [1.165, 1.54) is 53.8 Å². The van der Waals surface area contributed by atoms with Crippen LogP contribution in [-0.4, -0.2) is 46.5 Å².